The Bertz CT molecular complexity index is 3250. The molecule has 2 N–H and O–H groups in total. The molecule has 0 saturated heterocycles. The monoisotopic (exact) mass is 1300 g/mol. The molecule has 0 atom stereocenters. The minimum Gasteiger partial charge on any atom is -0.494 e. The number of aromatic nitrogens is 4. The van der Waals surface area contributed by atoms with Crippen molar-refractivity contribution in [3.63, 3.8) is 0 Å². The smallest absolute Gasteiger partial charge is 0.119 e. The van der Waals surface area contributed by atoms with Crippen molar-refractivity contribution in [1.29, 1.82) is 0 Å². The quantitative estimate of drug-likeness (QED) is 0.0294. The van der Waals surface area contributed by atoms with Crippen LogP contribution in [0.4, 0.5) is 0 Å². The number of aromatic amines is 2. The second-order valence-corrected chi connectivity index (χ2v) is 26.9. The minimum absolute atomic E-state index is 0.683. The molecule has 0 spiro atoms. The van der Waals surface area contributed by atoms with Crippen molar-refractivity contribution >= 4 is 46.4 Å². The maximum Gasteiger partial charge on any atom is 0.119 e. The van der Waals surface area contributed by atoms with Gasteiger partial charge in [-0.3, -0.25) is 0 Å². The summed E-state index contributed by atoms with van der Waals surface area (Å²) in [5.41, 5.74) is 15.3. The molecule has 0 fully saturated rings. The van der Waals surface area contributed by atoms with Gasteiger partial charge in [-0.1, -0.05) is 48.5 Å². The molecule has 8 bridgehead atoms. The van der Waals surface area contributed by atoms with Crippen LogP contribution < -0.4 is 18.9 Å². The lowest BCUT2D eigenvalue weighted by atomic mass is 10.0. The molecule has 4 aromatic carbocycles. The molecule has 3 aromatic heterocycles. The van der Waals surface area contributed by atoms with Gasteiger partial charge >= 0.3 is 0 Å². The number of quaternary nitrogens is 4. The Labute approximate surface area is 577 Å². The van der Waals surface area contributed by atoms with Crippen LogP contribution >= 0.6 is 0 Å². The molecule has 5 heterocycles. The third-order valence-electron chi connectivity index (χ3n) is 22.6. The van der Waals surface area contributed by atoms with E-state index in [2.05, 4.69) is 239 Å². The summed E-state index contributed by atoms with van der Waals surface area (Å²) in [5.74, 6) is 3.46. The summed E-state index contributed by atoms with van der Waals surface area (Å²) in [5, 5.41) is 0. The van der Waals surface area contributed by atoms with Crippen LogP contribution in [-0.4, -0.2) is 169 Å². The van der Waals surface area contributed by atoms with E-state index >= 15 is 0 Å². The topological polar surface area (TPSA) is 94.3 Å². The van der Waals surface area contributed by atoms with Gasteiger partial charge in [0, 0.05) is 44.3 Å². The zero-order valence-electron chi connectivity index (χ0n) is 61.0. The van der Waals surface area contributed by atoms with Crippen molar-refractivity contribution in [1.82, 2.24) is 19.9 Å². The van der Waals surface area contributed by atoms with Gasteiger partial charge < -0.3 is 46.8 Å². The van der Waals surface area contributed by atoms with E-state index in [9.17, 15) is 0 Å². The molecule has 0 saturated carbocycles. The third kappa shape index (κ3) is 17.8. The van der Waals surface area contributed by atoms with Crippen LogP contribution in [0.3, 0.4) is 0 Å². The van der Waals surface area contributed by atoms with Crippen molar-refractivity contribution < 1.29 is 36.9 Å². The molecule has 2 aliphatic heterocycles. The number of benzene rings is 4. The van der Waals surface area contributed by atoms with Crippen LogP contribution in [0.5, 0.6) is 23.0 Å². The first-order valence-electron chi connectivity index (χ1n) is 37.3. The summed E-state index contributed by atoms with van der Waals surface area (Å²) in [6, 6.07) is 43.2. The molecule has 514 valence electrons. The van der Waals surface area contributed by atoms with Gasteiger partial charge in [0.2, 0.25) is 0 Å². The van der Waals surface area contributed by atoms with Crippen LogP contribution in [-0.2, 0) is 0 Å². The largest absolute Gasteiger partial charge is 0.494 e. The molecule has 0 radical (unpaired) electrons. The molecule has 12 nitrogen and oxygen atoms in total. The lowest BCUT2D eigenvalue weighted by Crippen LogP contribution is -2.48. The molecule has 7 aromatic rings. The second-order valence-electron chi connectivity index (χ2n) is 26.9. The van der Waals surface area contributed by atoms with Crippen molar-refractivity contribution in [3.05, 3.63) is 144 Å². The van der Waals surface area contributed by atoms with Gasteiger partial charge in [0.15, 0.2) is 0 Å². The molecule has 0 amide bonds. The number of fused-ring (bicyclic) bond motifs is 8. The van der Waals surface area contributed by atoms with E-state index < -0.39 is 0 Å². The first kappa shape index (κ1) is 72.8. The number of ether oxygens (including phenoxy) is 4. The Kier molecular flexibility index (Phi) is 26.7. The van der Waals surface area contributed by atoms with Gasteiger partial charge in [-0.05, 0) is 254 Å². The summed E-state index contributed by atoms with van der Waals surface area (Å²) in [6.07, 6.45) is 17.3. The van der Waals surface area contributed by atoms with Crippen molar-refractivity contribution in [2.45, 2.75) is 134 Å². The van der Waals surface area contributed by atoms with Crippen molar-refractivity contribution in [3.8, 4) is 67.5 Å². The van der Waals surface area contributed by atoms with E-state index in [1.807, 2.05) is 0 Å². The fourth-order valence-corrected chi connectivity index (χ4v) is 14.8. The predicted molar refractivity (Wildman–Crippen MR) is 407 cm³/mol. The number of unbranched alkanes of at least 4 members (excludes halogenated alkanes) is 4. The van der Waals surface area contributed by atoms with Crippen LogP contribution in [0.15, 0.2) is 121 Å². The standard InChI is InChI=1S/C84H118N8O4/c1-13-89(14-2,15-3)57-25-29-61-93-69-41-33-65(34-42-69)81-73-49-51-75(85-73)82(66-35-43-70(44-36-66)94-62-30-26-58-90(16-4,17-5)18-6)77-53-55-79(87-77)84(68-39-47-72(48-40-68)96-64-32-28-60-92(22-10,23-11)24-12)80-56-54-78(88-80)83(76-52-50-74(81)86-76)67-37-45-71(46-38-67)95-63-31-27-59-91(19-7,20-8)21-9/h33-56,85,88H,13-32,57-64H2,1-12H3/q+4. The van der Waals surface area contributed by atoms with E-state index in [1.54, 1.807) is 0 Å². The van der Waals surface area contributed by atoms with Crippen LogP contribution in [0.25, 0.3) is 90.9 Å². The Balaban J connectivity index is 1.15. The summed E-state index contributed by atoms with van der Waals surface area (Å²) >= 11 is 0. The van der Waals surface area contributed by atoms with Crippen LogP contribution in [0.1, 0.15) is 157 Å². The second kappa shape index (κ2) is 35.2. The zero-order valence-corrected chi connectivity index (χ0v) is 61.0. The van der Waals surface area contributed by atoms with E-state index in [-0.39, 0.29) is 0 Å². The van der Waals surface area contributed by atoms with Gasteiger partial charge in [0.25, 0.3) is 0 Å². The van der Waals surface area contributed by atoms with Crippen molar-refractivity contribution in [2.24, 2.45) is 0 Å². The van der Waals surface area contributed by atoms with Gasteiger partial charge in [-0.25, -0.2) is 9.97 Å². The van der Waals surface area contributed by atoms with Gasteiger partial charge in [-0.2, -0.15) is 0 Å². The fourth-order valence-electron chi connectivity index (χ4n) is 14.8. The maximum absolute atomic E-state index is 6.46. The highest BCUT2D eigenvalue weighted by atomic mass is 16.5. The predicted octanol–water partition coefficient (Wildman–Crippen LogP) is 19.5. The minimum atomic E-state index is 0.683. The molecular weight excluding hydrogens is 1180 g/mol. The summed E-state index contributed by atoms with van der Waals surface area (Å²) in [4.78, 5) is 19.3. The van der Waals surface area contributed by atoms with E-state index in [0.717, 1.165) is 182 Å². The molecule has 9 rings (SSSR count). The van der Waals surface area contributed by atoms with Crippen LogP contribution in [0, 0.1) is 0 Å². The lowest BCUT2D eigenvalue weighted by molar-refractivity contribution is -0.923. The number of nitrogens with zero attached hydrogens (tertiary/aromatic N) is 6. The number of H-pyrrole nitrogens is 2. The zero-order chi connectivity index (χ0) is 68.0. The highest BCUT2D eigenvalue weighted by Crippen LogP contribution is 2.40. The Hall–Kier alpha value is -7.48. The first-order chi connectivity index (χ1) is 46.8. The van der Waals surface area contributed by atoms with Gasteiger partial charge in [-0.15, -0.1) is 0 Å². The number of hydrogen-bond acceptors (Lipinski definition) is 6. The highest BCUT2D eigenvalue weighted by molar-refractivity contribution is 6.00. The summed E-state index contributed by atoms with van der Waals surface area (Å²) in [7, 11) is 0. The van der Waals surface area contributed by atoms with Crippen molar-refractivity contribution in [2.75, 3.05) is 131 Å². The first-order valence-corrected chi connectivity index (χ1v) is 37.3. The maximum atomic E-state index is 6.46. The van der Waals surface area contributed by atoms with Gasteiger partial charge in [0.05, 0.1) is 154 Å². The lowest BCUT2D eigenvalue weighted by Gasteiger charge is -2.35. The molecule has 96 heavy (non-hydrogen) atoms. The van der Waals surface area contributed by atoms with Crippen LogP contribution in [0.2, 0.25) is 0 Å². The molecule has 12 heteroatoms. The number of nitrogens with one attached hydrogen (secondary N) is 2. The Morgan fingerprint density at radius 3 is 0.615 bits per heavy atom. The molecular formula is C84H118N8O4+4. The third-order valence-corrected chi connectivity index (χ3v) is 22.6. The van der Waals surface area contributed by atoms with E-state index in [0.29, 0.717) is 26.4 Å². The highest BCUT2D eigenvalue weighted by Gasteiger charge is 2.25. The fraction of sp³-hybridized carbons (Fsp3) is 0.476. The molecule has 2 aliphatic rings. The average Bonchev–Trinajstić information content (AvgIpc) is 1.62. The summed E-state index contributed by atoms with van der Waals surface area (Å²) < 4.78 is 30.5. The van der Waals surface area contributed by atoms with E-state index in [4.69, 9.17) is 28.9 Å². The number of hydrogen-bond donors (Lipinski definition) is 2. The molecule has 0 unspecified atom stereocenters. The molecule has 0 aliphatic carbocycles. The average molecular weight is 1300 g/mol. The summed E-state index contributed by atoms with van der Waals surface area (Å²) in [6.45, 7) is 49.3. The van der Waals surface area contributed by atoms with Gasteiger partial charge in [0.1, 0.15) is 23.0 Å². The Morgan fingerprint density at radius 2 is 0.438 bits per heavy atom. The number of rotatable bonds is 40. The normalized spacial score (nSPS) is 12.6. The van der Waals surface area contributed by atoms with E-state index in [1.165, 1.54) is 105 Å². The Morgan fingerprint density at radius 1 is 0.250 bits per heavy atom. The SMILES string of the molecule is CC[N+](CC)(CC)CCCCOc1ccc(-c2c3nc(c(-c4ccc(OCCCC[N+](CC)(CC)CC)cc4)c4ccc([nH]4)c(-c4ccc(OCCCC[N+](CC)(CC)CC)cc4)c4nc(c(-c5ccc(OCCCC[N+](CC)(CC)CC)cc5)c5ccc2[nH]5)C=C4)C=C3)cc1.